The first-order chi connectivity index (χ1) is 17.0. The van der Waals surface area contributed by atoms with Gasteiger partial charge in [-0.3, -0.25) is 9.21 Å². The van der Waals surface area contributed by atoms with Gasteiger partial charge < -0.3 is 26.8 Å². The van der Waals surface area contributed by atoms with Gasteiger partial charge in [-0.25, -0.2) is 8.42 Å². The highest BCUT2D eigenvalue weighted by Crippen LogP contribution is 2.35. The van der Waals surface area contributed by atoms with Crippen LogP contribution in [0.5, 0.6) is 11.5 Å². The van der Waals surface area contributed by atoms with Gasteiger partial charge in [-0.15, -0.1) is 0 Å². The van der Waals surface area contributed by atoms with Gasteiger partial charge >= 0.3 is 0 Å². The Bertz CT molecular complexity index is 1250. The average molecular weight is 529 g/mol. The summed E-state index contributed by atoms with van der Waals surface area (Å²) in [4.78, 5) is 4.99. The van der Waals surface area contributed by atoms with Crippen LogP contribution in [0, 0.1) is 6.92 Å². The molecule has 0 unspecified atom stereocenters. The molecule has 3 aromatic carbocycles. The fourth-order valence-corrected chi connectivity index (χ4v) is 5.96. The Hall–Kier alpha value is -2.94. The highest BCUT2D eigenvalue weighted by atomic mass is 35.5. The minimum atomic E-state index is -3.75. The maximum Gasteiger partial charge on any atom is 0.264 e. The normalized spacial score (nSPS) is 15.8. The minimum Gasteiger partial charge on any atom is -1.00 e. The van der Waals surface area contributed by atoms with Crippen molar-refractivity contribution < 1.29 is 30.3 Å². The van der Waals surface area contributed by atoms with E-state index in [0.29, 0.717) is 43.5 Å². The van der Waals surface area contributed by atoms with E-state index in [-0.39, 0.29) is 17.3 Å². The fourth-order valence-electron chi connectivity index (χ4n) is 4.51. The summed E-state index contributed by atoms with van der Waals surface area (Å²) in [6, 6.07) is 22.8. The van der Waals surface area contributed by atoms with Gasteiger partial charge in [0.1, 0.15) is 13.2 Å². The molecule has 0 radical (unpaired) electrons. The lowest BCUT2D eigenvalue weighted by atomic mass is 10.2. The second kappa shape index (κ2) is 11.4. The number of halogens is 1. The molecule has 0 spiro atoms. The molecule has 0 atom stereocenters. The Morgan fingerprint density at radius 2 is 1.50 bits per heavy atom. The SMILES string of the molecule is Cc1ccc(S(=O)(=O)N(CCN2CCN(c3ccccc3)CC2)c2ccc3c(c2)OCCO3)cc1.[Cl-]. The second-order valence-electron chi connectivity index (χ2n) is 8.88. The molecule has 9 heteroatoms. The second-order valence-corrected chi connectivity index (χ2v) is 10.7. The number of para-hydroxylation sites is 1. The third kappa shape index (κ3) is 5.72. The number of fused-ring (bicyclic) bond motifs is 1. The summed E-state index contributed by atoms with van der Waals surface area (Å²) in [5, 5.41) is 0. The van der Waals surface area contributed by atoms with Crippen LogP contribution >= 0.6 is 0 Å². The number of sulfonamides is 1. The number of anilines is 2. The summed E-state index contributed by atoms with van der Waals surface area (Å²) >= 11 is 0. The lowest BCUT2D eigenvalue weighted by Crippen LogP contribution is -3.00. The van der Waals surface area contributed by atoms with E-state index in [1.807, 2.05) is 25.1 Å². The monoisotopic (exact) mass is 528 g/mol. The number of aryl methyl sites for hydroxylation is 1. The lowest BCUT2D eigenvalue weighted by molar-refractivity contribution is -0.00000996. The van der Waals surface area contributed by atoms with Crippen LogP contribution in [0.15, 0.2) is 77.7 Å². The molecule has 2 heterocycles. The summed E-state index contributed by atoms with van der Waals surface area (Å²) in [6.45, 7) is 7.48. The zero-order valence-corrected chi connectivity index (χ0v) is 21.9. The van der Waals surface area contributed by atoms with Gasteiger partial charge in [-0.1, -0.05) is 35.9 Å². The first-order valence-corrected chi connectivity index (χ1v) is 13.5. The van der Waals surface area contributed by atoms with Crippen molar-refractivity contribution in [3.05, 3.63) is 78.4 Å². The summed E-state index contributed by atoms with van der Waals surface area (Å²) in [6.07, 6.45) is 0. The molecular weight excluding hydrogens is 498 g/mol. The lowest BCUT2D eigenvalue weighted by Gasteiger charge is -2.37. The van der Waals surface area contributed by atoms with Crippen LogP contribution in [0.4, 0.5) is 11.4 Å². The van der Waals surface area contributed by atoms with E-state index in [9.17, 15) is 8.42 Å². The molecular formula is C27H31ClN3O4S-. The van der Waals surface area contributed by atoms with E-state index in [1.54, 1.807) is 30.3 Å². The van der Waals surface area contributed by atoms with Crippen molar-refractivity contribution >= 4 is 21.4 Å². The Morgan fingerprint density at radius 1 is 0.833 bits per heavy atom. The molecule has 2 aliphatic heterocycles. The number of nitrogens with zero attached hydrogens (tertiary/aromatic N) is 3. The summed E-state index contributed by atoms with van der Waals surface area (Å²) in [5.74, 6) is 1.22. The Morgan fingerprint density at radius 3 is 2.19 bits per heavy atom. The van der Waals surface area contributed by atoms with Crippen molar-refractivity contribution in [2.45, 2.75) is 11.8 Å². The van der Waals surface area contributed by atoms with E-state index < -0.39 is 10.0 Å². The minimum absolute atomic E-state index is 0. The van der Waals surface area contributed by atoms with Crippen LogP contribution in [-0.4, -0.2) is 65.8 Å². The van der Waals surface area contributed by atoms with Crippen molar-refractivity contribution in [2.75, 3.05) is 61.7 Å². The molecule has 0 N–H and O–H groups in total. The topological polar surface area (TPSA) is 62.3 Å². The number of rotatable bonds is 7. The number of benzene rings is 3. The maximum absolute atomic E-state index is 13.7. The molecule has 7 nitrogen and oxygen atoms in total. The molecule has 2 aliphatic rings. The van der Waals surface area contributed by atoms with Crippen molar-refractivity contribution in [1.82, 2.24) is 4.90 Å². The van der Waals surface area contributed by atoms with Crippen molar-refractivity contribution in [3.63, 3.8) is 0 Å². The number of hydrogen-bond donors (Lipinski definition) is 0. The third-order valence-electron chi connectivity index (χ3n) is 6.54. The van der Waals surface area contributed by atoms with Gasteiger partial charge in [0.25, 0.3) is 10.0 Å². The van der Waals surface area contributed by atoms with E-state index in [4.69, 9.17) is 9.47 Å². The highest BCUT2D eigenvalue weighted by Gasteiger charge is 2.28. The van der Waals surface area contributed by atoms with E-state index in [0.717, 1.165) is 31.7 Å². The number of hydrogen-bond acceptors (Lipinski definition) is 6. The van der Waals surface area contributed by atoms with Crippen molar-refractivity contribution in [3.8, 4) is 11.5 Å². The van der Waals surface area contributed by atoms with Crippen LogP contribution in [0.3, 0.4) is 0 Å². The molecule has 1 saturated heterocycles. The standard InChI is InChI=1S/C27H31N3O4S.ClH/c1-22-7-10-25(11-8-22)35(31,32)30(24-9-12-26-27(21-24)34-20-19-33-26)18-15-28-13-16-29(17-14-28)23-5-3-2-4-6-23;/h2-12,21H,13-20H2,1H3;1H/p-1. The van der Waals surface area contributed by atoms with Crippen LogP contribution in [0.25, 0.3) is 0 Å². The van der Waals surface area contributed by atoms with E-state index >= 15 is 0 Å². The Balaban J connectivity index is 0.00000304. The molecule has 0 amide bonds. The van der Waals surface area contributed by atoms with Gasteiger partial charge in [-0.2, -0.15) is 0 Å². The van der Waals surface area contributed by atoms with E-state index in [2.05, 4.69) is 34.1 Å². The Kier molecular flexibility index (Phi) is 8.28. The van der Waals surface area contributed by atoms with Gasteiger partial charge in [0, 0.05) is 51.0 Å². The largest absolute Gasteiger partial charge is 1.00 e. The fraction of sp³-hybridized carbons (Fsp3) is 0.333. The van der Waals surface area contributed by atoms with Crippen molar-refractivity contribution in [2.24, 2.45) is 0 Å². The summed E-state index contributed by atoms with van der Waals surface area (Å²) in [5.41, 5.74) is 2.83. The van der Waals surface area contributed by atoms with Crippen LogP contribution < -0.4 is 31.1 Å². The molecule has 0 saturated carbocycles. The van der Waals surface area contributed by atoms with Crippen LogP contribution in [0.1, 0.15) is 5.56 Å². The summed E-state index contributed by atoms with van der Waals surface area (Å²) in [7, 11) is -3.75. The molecule has 0 aromatic heterocycles. The smallest absolute Gasteiger partial charge is 0.264 e. The quantitative estimate of drug-likeness (QED) is 0.452. The van der Waals surface area contributed by atoms with Gasteiger partial charge in [0.15, 0.2) is 11.5 Å². The molecule has 0 bridgehead atoms. The molecule has 0 aliphatic carbocycles. The zero-order chi connectivity index (χ0) is 24.3. The zero-order valence-electron chi connectivity index (χ0n) is 20.3. The van der Waals surface area contributed by atoms with E-state index in [1.165, 1.54) is 9.99 Å². The molecule has 192 valence electrons. The summed E-state index contributed by atoms with van der Waals surface area (Å²) < 4.78 is 40.4. The average Bonchev–Trinajstić information content (AvgIpc) is 2.90. The number of piperazine rings is 1. The number of ether oxygens (including phenoxy) is 2. The maximum atomic E-state index is 13.7. The highest BCUT2D eigenvalue weighted by molar-refractivity contribution is 7.92. The first kappa shape index (κ1) is 26.1. The van der Waals surface area contributed by atoms with Crippen LogP contribution in [-0.2, 0) is 10.0 Å². The Labute approximate surface area is 219 Å². The predicted octanol–water partition coefficient (Wildman–Crippen LogP) is 0.788. The molecule has 5 rings (SSSR count). The molecule has 3 aromatic rings. The first-order valence-electron chi connectivity index (χ1n) is 12.0. The van der Waals surface area contributed by atoms with Gasteiger partial charge in [-0.05, 0) is 43.3 Å². The molecule has 36 heavy (non-hydrogen) atoms. The predicted molar refractivity (Wildman–Crippen MR) is 138 cm³/mol. The molecule has 1 fully saturated rings. The van der Waals surface area contributed by atoms with Gasteiger partial charge in [0.2, 0.25) is 0 Å². The van der Waals surface area contributed by atoms with Crippen LogP contribution in [0.2, 0.25) is 0 Å². The third-order valence-corrected chi connectivity index (χ3v) is 8.38. The van der Waals surface area contributed by atoms with Gasteiger partial charge in [0.05, 0.1) is 10.6 Å². The van der Waals surface area contributed by atoms with Crippen molar-refractivity contribution in [1.29, 1.82) is 0 Å².